The van der Waals surface area contributed by atoms with Crippen molar-refractivity contribution in [1.29, 1.82) is 5.26 Å². The maximum atomic E-state index is 11.8. The zero-order valence-corrected chi connectivity index (χ0v) is 13.3. The van der Waals surface area contributed by atoms with Crippen LogP contribution in [0.25, 0.3) is 0 Å². The second-order valence-electron chi connectivity index (χ2n) is 4.86. The van der Waals surface area contributed by atoms with Crippen molar-refractivity contribution in [2.45, 2.75) is 24.8 Å². The average molecular weight is 317 g/mol. The fraction of sp³-hybridized carbons (Fsp3) is 0.357. The topological polar surface area (TPSA) is 102 Å². The van der Waals surface area contributed by atoms with Crippen molar-refractivity contribution in [2.75, 3.05) is 5.75 Å². The third kappa shape index (κ3) is 4.05. The number of rotatable bonds is 5. The van der Waals surface area contributed by atoms with Crippen LogP contribution in [-0.4, -0.2) is 21.9 Å². The van der Waals surface area contributed by atoms with E-state index in [1.54, 1.807) is 13.1 Å². The zero-order valence-electron chi connectivity index (χ0n) is 12.5. The highest BCUT2D eigenvalue weighted by molar-refractivity contribution is 7.99. The van der Waals surface area contributed by atoms with Gasteiger partial charge < -0.3 is 5.11 Å². The summed E-state index contributed by atoms with van der Waals surface area (Å²) in [7, 11) is 1.67. The predicted molar refractivity (Wildman–Crippen MR) is 78.5 cm³/mol. The molecule has 0 saturated heterocycles. The molecule has 0 unspecified atom stereocenters. The lowest BCUT2D eigenvalue weighted by molar-refractivity contribution is -0.739. The lowest BCUT2D eigenvalue weighted by atomic mass is 10.1. The third-order valence-corrected chi connectivity index (χ3v) is 3.70. The van der Waals surface area contributed by atoms with Crippen LogP contribution in [0, 0.1) is 11.3 Å². The number of hydrogen-bond acceptors (Lipinski definition) is 7. The fourth-order valence-corrected chi connectivity index (χ4v) is 2.38. The maximum Gasteiger partial charge on any atom is 0.320 e. The van der Waals surface area contributed by atoms with Crippen LogP contribution >= 0.6 is 11.8 Å². The van der Waals surface area contributed by atoms with E-state index < -0.39 is 0 Å². The summed E-state index contributed by atoms with van der Waals surface area (Å²) in [4.78, 5) is 8.22. The minimum Gasteiger partial charge on any atom is -0.861 e. The van der Waals surface area contributed by atoms with Gasteiger partial charge in [0.05, 0.1) is 5.56 Å². The molecule has 0 aliphatic rings. The second-order valence-corrected chi connectivity index (χ2v) is 5.83. The molecule has 0 aliphatic carbocycles. The van der Waals surface area contributed by atoms with E-state index in [-0.39, 0.29) is 23.5 Å². The molecular formula is C14H15N5O2S. The Labute approximate surface area is 132 Å². The zero-order chi connectivity index (χ0) is 16.1. The summed E-state index contributed by atoms with van der Waals surface area (Å²) in [5.74, 6) is 0.106. The first kappa shape index (κ1) is 16.0. The Balaban J connectivity index is 2.12. The summed E-state index contributed by atoms with van der Waals surface area (Å²) >= 11 is 1.19. The van der Waals surface area contributed by atoms with Gasteiger partial charge in [-0.15, -0.1) is 0 Å². The van der Waals surface area contributed by atoms with Crippen molar-refractivity contribution in [3.05, 3.63) is 29.6 Å². The molecule has 0 amide bonds. The summed E-state index contributed by atoms with van der Waals surface area (Å²) in [5.41, 5.74) is 1.33. The Bertz CT molecular complexity index is 733. The van der Waals surface area contributed by atoms with Gasteiger partial charge in [-0.2, -0.15) is 5.26 Å². The van der Waals surface area contributed by atoms with Gasteiger partial charge in [0.2, 0.25) is 0 Å². The summed E-state index contributed by atoms with van der Waals surface area (Å²) in [6.45, 7) is 4.04. The summed E-state index contributed by atoms with van der Waals surface area (Å²) < 4.78 is 6.25. The average Bonchev–Trinajstić information content (AvgIpc) is 2.89. The first-order valence-electron chi connectivity index (χ1n) is 6.60. The number of nitriles is 1. The maximum absolute atomic E-state index is 11.8. The van der Waals surface area contributed by atoms with Gasteiger partial charge in [0.25, 0.3) is 6.20 Å². The molecule has 0 saturated carbocycles. The van der Waals surface area contributed by atoms with Crippen LogP contribution in [-0.2, 0) is 7.05 Å². The number of aliphatic imine (C=N–C) groups is 1. The smallest absolute Gasteiger partial charge is 0.320 e. The normalized spacial score (nSPS) is 11.7. The van der Waals surface area contributed by atoms with Crippen LogP contribution in [0.15, 0.2) is 32.9 Å². The minimum atomic E-state index is -0.373. The second kappa shape index (κ2) is 7.04. The van der Waals surface area contributed by atoms with E-state index in [4.69, 9.17) is 9.78 Å². The van der Waals surface area contributed by atoms with Crippen molar-refractivity contribution in [3.63, 3.8) is 0 Å². The third-order valence-electron chi connectivity index (χ3n) is 2.72. The molecule has 0 aliphatic heterocycles. The van der Waals surface area contributed by atoms with Gasteiger partial charge >= 0.3 is 5.88 Å². The minimum absolute atomic E-state index is 0.0770. The molecule has 7 nitrogen and oxygen atoms in total. The summed E-state index contributed by atoms with van der Waals surface area (Å²) in [6.07, 6.45) is 1.50. The van der Waals surface area contributed by atoms with Gasteiger partial charge in [-0.3, -0.25) is 4.52 Å². The molecule has 0 spiro atoms. The molecule has 0 atom stereocenters. The highest BCUT2D eigenvalue weighted by Crippen LogP contribution is 2.23. The van der Waals surface area contributed by atoms with Crippen LogP contribution in [0.3, 0.4) is 0 Å². The van der Waals surface area contributed by atoms with Crippen LogP contribution in [0.2, 0.25) is 0 Å². The number of hydrogen-bond donors (Lipinski definition) is 0. The van der Waals surface area contributed by atoms with Crippen molar-refractivity contribution in [1.82, 2.24) is 10.3 Å². The molecule has 2 heterocycles. The first-order chi connectivity index (χ1) is 10.5. The van der Waals surface area contributed by atoms with E-state index in [2.05, 4.69) is 21.3 Å². The van der Waals surface area contributed by atoms with Gasteiger partial charge in [-0.25, -0.2) is 9.98 Å². The van der Waals surface area contributed by atoms with Crippen LogP contribution in [0.1, 0.15) is 31.0 Å². The Morgan fingerprint density at radius 1 is 1.55 bits per heavy atom. The highest BCUT2D eigenvalue weighted by Gasteiger charge is 2.09. The van der Waals surface area contributed by atoms with Crippen molar-refractivity contribution >= 4 is 23.5 Å². The molecule has 0 fully saturated rings. The Kier molecular flexibility index (Phi) is 5.12. The van der Waals surface area contributed by atoms with Gasteiger partial charge in [0, 0.05) is 11.4 Å². The number of aryl methyl sites for hydroxylation is 1. The van der Waals surface area contributed by atoms with Crippen molar-refractivity contribution in [3.8, 4) is 6.07 Å². The van der Waals surface area contributed by atoms with E-state index in [1.807, 2.05) is 19.9 Å². The lowest BCUT2D eigenvalue weighted by Gasteiger charge is -2.11. The number of thioether (sulfide) groups is 1. The van der Waals surface area contributed by atoms with Gasteiger partial charge in [0.1, 0.15) is 11.1 Å². The number of aromatic nitrogens is 3. The van der Waals surface area contributed by atoms with Gasteiger partial charge in [-0.1, -0.05) is 30.3 Å². The molecule has 0 aromatic carbocycles. The SMILES string of the molecule is CC(C)c1ccc(C#N)c(SC/C([O-])=N/c2c[n+](C)no2)n1. The highest BCUT2D eigenvalue weighted by atomic mass is 32.2. The van der Waals surface area contributed by atoms with Crippen LogP contribution in [0.5, 0.6) is 0 Å². The van der Waals surface area contributed by atoms with Crippen molar-refractivity contribution in [2.24, 2.45) is 12.0 Å². The molecule has 2 rings (SSSR count). The van der Waals surface area contributed by atoms with E-state index >= 15 is 0 Å². The van der Waals surface area contributed by atoms with Gasteiger partial charge in [0.15, 0.2) is 12.3 Å². The molecule has 2 aromatic heterocycles. The van der Waals surface area contributed by atoms with Crippen molar-refractivity contribution < 1.29 is 14.3 Å². The monoisotopic (exact) mass is 317 g/mol. The predicted octanol–water partition coefficient (Wildman–Crippen LogP) is 1.07. The number of pyridine rings is 1. The lowest BCUT2D eigenvalue weighted by Crippen LogP contribution is -2.27. The molecular weight excluding hydrogens is 302 g/mol. The Morgan fingerprint density at radius 3 is 2.91 bits per heavy atom. The molecule has 2 aromatic rings. The van der Waals surface area contributed by atoms with E-state index in [9.17, 15) is 5.11 Å². The van der Waals surface area contributed by atoms with E-state index in [0.717, 1.165) is 5.69 Å². The largest absolute Gasteiger partial charge is 0.861 e. The fourth-order valence-electron chi connectivity index (χ4n) is 1.62. The summed E-state index contributed by atoms with van der Waals surface area (Å²) in [6, 6.07) is 5.63. The first-order valence-corrected chi connectivity index (χ1v) is 7.59. The molecule has 8 heteroatoms. The Hall–Kier alpha value is -2.40. The van der Waals surface area contributed by atoms with Gasteiger partial charge in [-0.05, 0) is 23.9 Å². The summed E-state index contributed by atoms with van der Waals surface area (Å²) in [5, 5.41) is 25.1. The quantitative estimate of drug-likeness (QED) is 0.354. The molecule has 0 radical (unpaired) electrons. The van der Waals surface area contributed by atoms with Crippen LogP contribution in [0.4, 0.5) is 5.88 Å². The Morgan fingerprint density at radius 2 is 2.32 bits per heavy atom. The molecule has 114 valence electrons. The molecule has 22 heavy (non-hydrogen) atoms. The standard InChI is InChI=1S/C14H15N5O2S/c1-9(2)11-5-4-10(6-15)14(16-11)22-8-12(20)17-13-7-19(3)18-21-13/h4-5,7,9H,8H2,1-3H3. The van der Waals surface area contributed by atoms with Crippen LogP contribution < -0.4 is 9.79 Å². The molecule has 0 bridgehead atoms. The van der Waals surface area contributed by atoms with E-state index in [1.165, 1.54) is 22.6 Å². The van der Waals surface area contributed by atoms with E-state index in [0.29, 0.717) is 10.6 Å². The number of nitrogens with zero attached hydrogens (tertiary/aromatic N) is 5. The molecule has 0 N–H and O–H groups in total.